The van der Waals surface area contributed by atoms with Gasteiger partial charge < -0.3 is 9.73 Å². The number of nitrogens with one attached hydrogen (secondary N) is 2. The summed E-state index contributed by atoms with van der Waals surface area (Å²) in [6, 6.07) is 6.89. The Hall–Kier alpha value is -2.96. The van der Waals surface area contributed by atoms with Crippen molar-refractivity contribution in [3.8, 4) is 0 Å². The molecule has 2 N–H and O–H groups in total. The second-order valence-corrected chi connectivity index (χ2v) is 6.96. The number of nitrogens with zero attached hydrogens (tertiary/aromatic N) is 1. The number of carbonyl (C=O) groups excluding carboxylic acids is 2. The van der Waals surface area contributed by atoms with Crippen LogP contribution in [0.4, 0.5) is 0 Å². The Bertz CT molecular complexity index is 889. The molecule has 0 unspecified atom stereocenters. The highest BCUT2D eigenvalue weighted by Crippen LogP contribution is 2.09. The molecule has 0 spiro atoms. The third kappa shape index (κ3) is 7.89. The van der Waals surface area contributed by atoms with Gasteiger partial charge >= 0.3 is 0 Å². The highest BCUT2D eigenvalue weighted by Gasteiger charge is 2.06. The van der Waals surface area contributed by atoms with Crippen LogP contribution in [0.25, 0.3) is 11.0 Å². The van der Waals surface area contributed by atoms with E-state index in [1.807, 2.05) is 0 Å². The predicted octanol–water partition coefficient (Wildman–Crippen LogP) is 3.50. The van der Waals surface area contributed by atoms with Gasteiger partial charge in [-0.15, -0.1) is 0 Å². The maximum absolute atomic E-state index is 12.3. The lowest BCUT2D eigenvalue weighted by Gasteiger charge is -2.04. The number of hydrogen-bond donors (Lipinski definition) is 2. The lowest BCUT2D eigenvalue weighted by Crippen LogP contribution is -2.34. The molecule has 2 rings (SSSR count). The molecule has 0 aliphatic heterocycles. The first-order valence-electron chi connectivity index (χ1n) is 10.2. The molecule has 0 aliphatic carbocycles. The Balaban J connectivity index is 1.66. The molecule has 156 valence electrons. The number of carbonyl (C=O) groups is 2. The maximum atomic E-state index is 12.3. The molecular weight excluding hydrogens is 370 g/mol. The Morgan fingerprint density at radius 1 is 1.03 bits per heavy atom. The number of fused-ring (bicyclic) bond motifs is 1. The Labute approximate surface area is 170 Å². The van der Waals surface area contributed by atoms with Crippen molar-refractivity contribution < 1.29 is 14.0 Å². The number of unbranched alkanes of at least 4 members (excludes halogenated alkanes) is 6. The molecule has 2 amide bonds. The lowest BCUT2D eigenvalue weighted by molar-refractivity contribution is -0.126. The second-order valence-electron chi connectivity index (χ2n) is 6.96. The van der Waals surface area contributed by atoms with Gasteiger partial charge in [0, 0.05) is 6.42 Å². The van der Waals surface area contributed by atoms with Crippen LogP contribution in [0.5, 0.6) is 0 Å². The third-order valence-corrected chi connectivity index (χ3v) is 4.55. The van der Waals surface area contributed by atoms with E-state index in [1.54, 1.807) is 24.3 Å². The Morgan fingerprint density at radius 2 is 1.76 bits per heavy atom. The largest absolute Gasteiger partial charge is 0.463 e. The molecule has 1 aromatic heterocycles. The predicted molar refractivity (Wildman–Crippen MR) is 114 cm³/mol. The van der Waals surface area contributed by atoms with E-state index in [0.717, 1.165) is 19.3 Å². The summed E-state index contributed by atoms with van der Waals surface area (Å²) in [7, 11) is 0. The van der Waals surface area contributed by atoms with Gasteiger partial charge in [-0.2, -0.15) is 5.10 Å². The van der Waals surface area contributed by atoms with Crippen molar-refractivity contribution >= 4 is 29.0 Å². The molecule has 0 saturated heterocycles. The monoisotopic (exact) mass is 399 g/mol. The summed E-state index contributed by atoms with van der Waals surface area (Å²) in [5.41, 5.74) is 2.78. The summed E-state index contributed by atoms with van der Waals surface area (Å²) in [6.45, 7) is 2.03. The van der Waals surface area contributed by atoms with Crippen LogP contribution in [-0.2, 0) is 9.59 Å². The van der Waals surface area contributed by atoms with Gasteiger partial charge in [-0.05, 0) is 18.6 Å². The molecule has 7 heteroatoms. The number of rotatable bonds is 12. The molecule has 1 heterocycles. The molecule has 29 heavy (non-hydrogen) atoms. The van der Waals surface area contributed by atoms with Crippen LogP contribution in [0.3, 0.4) is 0 Å². The minimum absolute atomic E-state index is 0.145. The van der Waals surface area contributed by atoms with Gasteiger partial charge in [0.2, 0.25) is 11.3 Å². The molecule has 0 radical (unpaired) electrons. The first-order chi connectivity index (χ1) is 14.1. The van der Waals surface area contributed by atoms with Crippen molar-refractivity contribution in [2.75, 3.05) is 6.54 Å². The number of hydrogen-bond acceptors (Lipinski definition) is 5. The van der Waals surface area contributed by atoms with Crippen LogP contribution in [0.15, 0.2) is 44.8 Å². The van der Waals surface area contributed by atoms with Crippen molar-refractivity contribution in [2.45, 2.75) is 58.3 Å². The molecule has 2 aromatic rings. The number of hydrazone groups is 1. The highest BCUT2D eigenvalue weighted by atomic mass is 16.3. The average Bonchev–Trinajstić information content (AvgIpc) is 2.73. The lowest BCUT2D eigenvalue weighted by atomic mass is 10.1. The van der Waals surface area contributed by atoms with E-state index in [0.29, 0.717) is 17.4 Å². The molecular formula is C22H29N3O4. The molecule has 0 aliphatic rings. The Morgan fingerprint density at radius 3 is 2.55 bits per heavy atom. The van der Waals surface area contributed by atoms with E-state index in [4.69, 9.17) is 4.42 Å². The van der Waals surface area contributed by atoms with Gasteiger partial charge in [0.1, 0.15) is 11.8 Å². The summed E-state index contributed by atoms with van der Waals surface area (Å²) in [6.07, 6.45) is 10.9. The zero-order valence-electron chi connectivity index (χ0n) is 16.9. The van der Waals surface area contributed by atoms with Crippen molar-refractivity contribution in [3.05, 3.63) is 46.3 Å². The zero-order chi connectivity index (χ0) is 20.9. The summed E-state index contributed by atoms with van der Waals surface area (Å²) in [4.78, 5) is 35.8. The quantitative estimate of drug-likeness (QED) is 0.324. The van der Waals surface area contributed by atoms with Crippen molar-refractivity contribution in [1.82, 2.24) is 10.7 Å². The minimum Gasteiger partial charge on any atom is -0.463 e. The third-order valence-electron chi connectivity index (χ3n) is 4.55. The number of para-hydroxylation sites is 1. The van der Waals surface area contributed by atoms with Crippen molar-refractivity contribution in [2.24, 2.45) is 5.10 Å². The maximum Gasteiger partial charge on any atom is 0.259 e. The average molecular weight is 399 g/mol. The molecule has 0 bridgehead atoms. The highest BCUT2D eigenvalue weighted by molar-refractivity contribution is 5.88. The summed E-state index contributed by atoms with van der Waals surface area (Å²) >= 11 is 0. The standard InChI is InChI=1S/C22H29N3O4/c1-2-3-4-5-6-7-8-13-20(26)23-15-21(27)25-24-14-17-16-29-19-12-10-9-11-18(19)22(17)28/h9-12,14,16H,2-8,13,15H2,1H3,(H,23,26)(H,25,27). The fourth-order valence-electron chi connectivity index (χ4n) is 2.91. The minimum atomic E-state index is -0.459. The van der Waals surface area contributed by atoms with Crippen LogP contribution >= 0.6 is 0 Å². The second kappa shape index (κ2) is 12.5. The van der Waals surface area contributed by atoms with Gasteiger partial charge in [-0.25, -0.2) is 5.43 Å². The fraction of sp³-hybridized carbons (Fsp3) is 0.455. The smallest absolute Gasteiger partial charge is 0.259 e. The van der Waals surface area contributed by atoms with Crippen molar-refractivity contribution in [3.63, 3.8) is 0 Å². The summed E-state index contributed by atoms with van der Waals surface area (Å²) < 4.78 is 5.37. The van der Waals surface area contributed by atoms with Gasteiger partial charge in [-0.3, -0.25) is 14.4 Å². The summed E-state index contributed by atoms with van der Waals surface area (Å²) in [5.74, 6) is -0.604. The van der Waals surface area contributed by atoms with E-state index in [-0.39, 0.29) is 23.4 Å². The first-order valence-corrected chi connectivity index (χ1v) is 10.2. The number of benzene rings is 1. The van der Waals surface area contributed by atoms with Crippen LogP contribution < -0.4 is 16.2 Å². The molecule has 1 aromatic carbocycles. The topological polar surface area (TPSA) is 101 Å². The van der Waals surface area contributed by atoms with Gasteiger partial charge in [0.15, 0.2) is 0 Å². The van der Waals surface area contributed by atoms with E-state index in [9.17, 15) is 14.4 Å². The SMILES string of the molecule is CCCCCCCCCC(=O)NCC(=O)NN=Cc1coc2ccccc2c1=O. The number of amides is 2. The zero-order valence-corrected chi connectivity index (χ0v) is 16.9. The fourth-order valence-corrected chi connectivity index (χ4v) is 2.91. The van der Waals surface area contributed by atoms with Crippen LogP contribution in [0, 0.1) is 0 Å². The normalized spacial score (nSPS) is 11.1. The van der Waals surface area contributed by atoms with Crippen LogP contribution in [0.1, 0.15) is 63.9 Å². The van der Waals surface area contributed by atoms with Crippen LogP contribution in [-0.4, -0.2) is 24.6 Å². The Kier molecular flexibility index (Phi) is 9.62. The summed E-state index contributed by atoms with van der Waals surface area (Å²) in [5, 5.41) is 6.78. The van der Waals surface area contributed by atoms with E-state index < -0.39 is 5.91 Å². The molecule has 0 fully saturated rings. The van der Waals surface area contributed by atoms with Gasteiger partial charge in [0.25, 0.3) is 5.91 Å². The van der Waals surface area contributed by atoms with Gasteiger partial charge in [-0.1, -0.05) is 57.6 Å². The van der Waals surface area contributed by atoms with E-state index >= 15 is 0 Å². The van der Waals surface area contributed by atoms with E-state index in [2.05, 4.69) is 22.8 Å². The van der Waals surface area contributed by atoms with E-state index in [1.165, 1.54) is 38.2 Å². The molecule has 7 nitrogen and oxygen atoms in total. The molecule has 0 atom stereocenters. The van der Waals surface area contributed by atoms with Gasteiger partial charge in [0.05, 0.1) is 23.7 Å². The van der Waals surface area contributed by atoms with Crippen molar-refractivity contribution in [1.29, 1.82) is 0 Å². The van der Waals surface area contributed by atoms with Crippen LogP contribution in [0.2, 0.25) is 0 Å². The molecule has 0 saturated carbocycles. The first kappa shape index (κ1) is 22.3.